The van der Waals surface area contributed by atoms with E-state index in [2.05, 4.69) is 53.8 Å². The van der Waals surface area contributed by atoms with Gasteiger partial charge >= 0.3 is 0 Å². The lowest BCUT2D eigenvalue weighted by Gasteiger charge is -2.38. The summed E-state index contributed by atoms with van der Waals surface area (Å²) in [6.45, 7) is 17.8. The van der Waals surface area contributed by atoms with Crippen LogP contribution in [0, 0.1) is 10.8 Å². The highest BCUT2D eigenvalue weighted by Crippen LogP contribution is 2.29. The number of hydrogen-bond donors (Lipinski definition) is 2. The van der Waals surface area contributed by atoms with E-state index in [1.54, 1.807) is 0 Å². The number of nitrogens with two attached hydrogens (primary N) is 1. The second kappa shape index (κ2) is 6.19. The summed E-state index contributed by atoms with van der Waals surface area (Å²) in [5.74, 6) is 0. The fourth-order valence-electron chi connectivity index (χ4n) is 2.68. The van der Waals surface area contributed by atoms with Crippen LogP contribution in [0.15, 0.2) is 0 Å². The summed E-state index contributed by atoms with van der Waals surface area (Å²) in [6.07, 6.45) is 3.48. The fraction of sp³-hybridized carbons (Fsp3) is 1.00. The van der Waals surface area contributed by atoms with Crippen LogP contribution in [-0.4, -0.2) is 18.6 Å². The molecule has 0 atom stereocenters. The lowest BCUT2D eigenvalue weighted by Crippen LogP contribution is -2.49. The van der Waals surface area contributed by atoms with Gasteiger partial charge in [-0.3, -0.25) is 0 Å². The van der Waals surface area contributed by atoms with Crippen LogP contribution in [0.25, 0.3) is 0 Å². The molecule has 0 spiro atoms. The molecule has 2 heteroatoms. The van der Waals surface area contributed by atoms with Crippen molar-refractivity contribution in [3.8, 4) is 0 Å². The molecule has 0 rings (SSSR count). The van der Waals surface area contributed by atoms with Crippen LogP contribution in [0.4, 0.5) is 0 Å². The molecule has 0 fully saturated rings. The smallest absolute Gasteiger partial charge is 0.0130 e. The zero-order chi connectivity index (χ0) is 13.7. The van der Waals surface area contributed by atoms with Crippen molar-refractivity contribution in [2.24, 2.45) is 16.6 Å². The molecule has 0 amide bonds. The molecular weight excluding hydrogens is 208 g/mol. The summed E-state index contributed by atoms with van der Waals surface area (Å²) in [5.41, 5.74) is 6.76. The molecule has 0 radical (unpaired) electrons. The standard InChI is InChI=1S/C15H34N2/c1-8-15(9-2,11-16)12-17-14(6,7)10-13(3,4)5/h17H,8-12,16H2,1-7H3. The maximum absolute atomic E-state index is 5.95. The maximum Gasteiger partial charge on any atom is 0.0130 e. The molecule has 0 aromatic heterocycles. The third-order valence-electron chi connectivity index (χ3n) is 3.85. The number of nitrogens with one attached hydrogen (secondary N) is 1. The Hall–Kier alpha value is -0.0800. The summed E-state index contributed by atoms with van der Waals surface area (Å²) in [4.78, 5) is 0. The van der Waals surface area contributed by atoms with Gasteiger partial charge in [-0.1, -0.05) is 34.6 Å². The van der Waals surface area contributed by atoms with Crippen molar-refractivity contribution in [2.45, 2.75) is 73.3 Å². The molecule has 104 valence electrons. The highest BCUT2D eigenvalue weighted by Gasteiger charge is 2.30. The molecule has 3 N–H and O–H groups in total. The molecular formula is C15H34N2. The molecule has 0 aliphatic heterocycles. The summed E-state index contributed by atoms with van der Waals surface area (Å²) in [5, 5.41) is 3.73. The Kier molecular flexibility index (Phi) is 6.16. The molecule has 0 heterocycles. The quantitative estimate of drug-likeness (QED) is 0.716. The molecule has 0 unspecified atom stereocenters. The average Bonchev–Trinajstić information content (AvgIpc) is 2.17. The Balaban J connectivity index is 4.43. The number of hydrogen-bond acceptors (Lipinski definition) is 2. The van der Waals surface area contributed by atoms with Gasteiger partial charge in [0.2, 0.25) is 0 Å². The SMILES string of the molecule is CCC(CC)(CN)CNC(C)(C)CC(C)(C)C. The maximum atomic E-state index is 5.95. The van der Waals surface area contributed by atoms with E-state index in [4.69, 9.17) is 5.73 Å². The highest BCUT2D eigenvalue weighted by atomic mass is 15.0. The van der Waals surface area contributed by atoms with E-state index in [-0.39, 0.29) is 11.0 Å². The third-order valence-corrected chi connectivity index (χ3v) is 3.85. The molecule has 0 bridgehead atoms. The van der Waals surface area contributed by atoms with Crippen LogP contribution in [-0.2, 0) is 0 Å². The fourth-order valence-corrected chi connectivity index (χ4v) is 2.68. The normalized spacial score (nSPS) is 14.1. The van der Waals surface area contributed by atoms with Crippen molar-refractivity contribution in [3.63, 3.8) is 0 Å². The van der Waals surface area contributed by atoms with Crippen molar-refractivity contribution in [1.29, 1.82) is 0 Å². The van der Waals surface area contributed by atoms with Crippen molar-refractivity contribution in [3.05, 3.63) is 0 Å². The predicted molar refractivity (Wildman–Crippen MR) is 78.2 cm³/mol. The van der Waals surface area contributed by atoms with E-state index < -0.39 is 0 Å². The topological polar surface area (TPSA) is 38.0 Å². The summed E-state index contributed by atoms with van der Waals surface area (Å²) < 4.78 is 0. The molecule has 2 nitrogen and oxygen atoms in total. The zero-order valence-electron chi connectivity index (χ0n) is 13.1. The van der Waals surface area contributed by atoms with Gasteiger partial charge in [-0.15, -0.1) is 0 Å². The van der Waals surface area contributed by atoms with Gasteiger partial charge < -0.3 is 11.1 Å². The van der Waals surface area contributed by atoms with Gasteiger partial charge in [0.05, 0.1) is 0 Å². The zero-order valence-corrected chi connectivity index (χ0v) is 13.1. The lowest BCUT2D eigenvalue weighted by atomic mass is 9.79. The van der Waals surface area contributed by atoms with Gasteiger partial charge in [-0.2, -0.15) is 0 Å². The van der Waals surface area contributed by atoms with E-state index >= 15 is 0 Å². The van der Waals surface area contributed by atoms with Crippen LogP contribution in [0.5, 0.6) is 0 Å². The summed E-state index contributed by atoms with van der Waals surface area (Å²) in [7, 11) is 0. The van der Waals surface area contributed by atoms with Gasteiger partial charge in [-0.05, 0) is 50.5 Å². The largest absolute Gasteiger partial charge is 0.330 e. The second-order valence-electron chi connectivity index (χ2n) is 7.39. The molecule has 0 saturated heterocycles. The van der Waals surface area contributed by atoms with Crippen LogP contribution in [0.2, 0.25) is 0 Å². The van der Waals surface area contributed by atoms with Gasteiger partial charge in [-0.25, -0.2) is 0 Å². The first-order valence-electron chi connectivity index (χ1n) is 7.05. The molecule has 0 aromatic rings. The van der Waals surface area contributed by atoms with E-state index in [1.807, 2.05) is 0 Å². The van der Waals surface area contributed by atoms with Crippen LogP contribution < -0.4 is 11.1 Å². The van der Waals surface area contributed by atoms with Crippen LogP contribution >= 0.6 is 0 Å². The Morgan fingerprint density at radius 3 is 1.71 bits per heavy atom. The minimum atomic E-state index is 0.184. The Morgan fingerprint density at radius 1 is 0.941 bits per heavy atom. The van der Waals surface area contributed by atoms with Crippen molar-refractivity contribution in [1.82, 2.24) is 5.32 Å². The third kappa shape index (κ3) is 6.42. The first kappa shape index (κ1) is 16.9. The van der Waals surface area contributed by atoms with Crippen molar-refractivity contribution < 1.29 is 0 Å². The van der Waals surface area contributed by atoms with Gasteiger partial charge in [0.15, 0.2) is 0 Å². The van der Waals surface area contributed by atoms with Crippen molar-refractivity contribution in [2.75, 3.05) is 13.1 Å². The van der Waals surface area contributed by atoms with E-state index in [1.165, 1.54) is 6.42 Å². The first-order chi connectivity index (χ1) is 7.60. The first-order valence-corrected chi connectivity index (χ1v) is 7.05. The molecule has 0 aliphatic carbocycles. The van der Waals surface area contributed by atoms with E-state index in [0.29, 0.717) is 5.41 Å². The summed E-state index contributed by atoms with van der Waals surface area (Å²) >= 11 is 0. The Morgan fingerprint density at radius 2 is 1.41 bits per heavy atom. The second-order valence-corrected chi connectivity index (χ2v) is 7.39. The van der Waals surface area contributed by atoms with Crippen molar-refractivity contribution >= 4 is 0 Å². The Bertz CT molecular complexity index is 201. The highest BCUT2D eigenvalue weighted by molar-refractivity contribution is 4.88. The minimum absolute atomic E-state index is 0.184. The van der Waals surface area contributed by atoms with Gasteiger partial charge in [0, 0.05) is 12.1 Å². The molecule has 0 saturated carbocycles. The number of rotatable bonds is 7. The summed E-state index contributed by atoms with van der Waals surface area (Å²) in [6, 6.07) is 0. The van der Waals surface area contributed by atoms with Crippen LogP contribution in [0.3, 0.4) is 0 Å². The van der Waals surface area contributed by atoms with Gasteiger partial charge in [0.25, 0.3) is 0 Å². The molecule has 0 aromatic carbocycles. The van der Waals surface area contributed by atoms with Gasteiger partial charge in [0.1, 0.15) is 0 Å². The predicted octanol–water partition coefficient (Wildman–Crippen LogP) is 3.56. The minimum Gasteiger partial charge on any atom is -0.330 e. The van der Waals surface area contributed by atoms with E-state index in [9.17, 15) is 0 Å². The lowest BCUT2D eigenvalue weighted by molar-refractivity contribution is 0.187. The molecule has 0 aliphatic rings. The average molecular weight is 242 g/mol. The van der Waals surface area contributed by atoms with Crippen LogP contribution in [0.1, 0.15) is 67.7 Å². The van der Waals surface area contributed by atoms with E-state index in [0.717, 1.165) is 25.9 Å². The molecule has 17 heavy (non-hydrogen) atoms. The Labute approximate surface area is 109 Å². The monoisotopic (exact) mass is 242 g/mol.